The minimum atomic E-state index is -3.40. The number of benzene rings is 1. The van der Waals surface area contributed by atoms with E-state index in [-0.39, 0.29) is 34.6 Å². The highest BCUT2D eigenvalue weighted by molar-refractivity contribution is 9.10. The second-order valence-electron chi connectivity index (χ2n) is 3.93. The molecule has 0 spiro atoms. The Balaban J connectivity index is 2.67. The number of halogens is 2. The van der Waals surface area contributed by atoms with Crippen molar-refractivity contribution in [3.63, 3.8) is 0 Å². The first-order valence-electron chi connectivity index (χ1n) is 5.77. The van der Waals surface area contributed by atoms with E-state index in [4.69, 9.17) is 5.73 Å². The van der Waals surface area contributed by atoms with Crippen molar-refractivity contribution in [2.24, 2.45) is 0 Å². The summed E-state index contributed by atoms with van der Waals surface area (Å²) in [7, 11) is -3.40. The summed E-state index contributed by atoms with van der Waals surface area (Å²) in [6.45, 7) is 1.89. The zero-order valence-electron chi connectivity index (χ0n) is 10.7. The Morgan fingerprint density at radius 2 is 2.10 bits per heavy atom. The summed E-state index contributed by atoms with van der Waals surface area (Å²) in [4.78, 5) is 11.8. The van der Waals surface area contributed by atoms with Gasteiger partial charge in [-0.25, -0.2) is 17.5 Å². The smallest absolute Gasteiger partial charge is 0.252 e. The molecule has 0 bridgehead atoms. The van der Waals surface area contributed by atoms with Crippen LogP contribution in [0.4, 0.5) is 10.1 Å². The number of carbonyl (C=O) groups is 1. The van der Waals surface area contributed by atoms with Gasteiger partial charge in [0.05, 0.1) is 17.0 Å². The summed E-state index contributed by atoms with van der Waals surface area (Å²) in [5.41, 5.74) is 5.37. The molecule has 0 aliphatic carbocycles. The van der Waals surface area contributed by atoms with Crippen LogP contribution in [0.3, 0.4) is 0 Å². The molecule has 0 unspecified atom stereocenters. The van der Waals surface area contributed by atoms with E-state index in [1.54, 1.807) is 6.92 Å². The molecule has 6 nitrogen and oxygen atoms in total. The van der Waals surface area contributed by atoms with E-state index < -0.39 is 21.7 Å². The first-order chi connectivity index (χ1) is 9.26. The number of anilines is 1. The molecule has 20 heavy (non-hydrogen) atoms. The van der Waals surface area contributed by atoms with Gasteiger partial charge in [-0.3, -0.25) is 4.79 Å². The van der Waals surface area contributed by atoms with Gasteiger partial charge in [0.1, 0.15) is 5.82 Å². The molecule has 0 atom stereocenters. The van der Waals surface area contributed by atoms with Gasteiger partial charge >= 0.3 is 0 Å². The monoisotopic (exact) mass is 367 g/mol. The highest BCUT2D eigenvalue weighted by Crippen LogP contribution is 2.22. The molecule has 1 amide bonds. The van der Waals surface area contributed by atoms with Gasteiger partial charge in [-0.15, -0.1) is 0 Å². The molecule has 1 aromatic rings. The van der Waals surface area contributed by atoms with Crippen molar-refractivity contribution < 1.29 is 17.6 Å². The van der Waals surface area contributed by atoms with Crippen LogP contribution >= 0.6 is 15.9 Å². The van der Waals surface area contributed by atoms with E-state index in [2.05, 4.69) is 26.0 Å². The van der Waals surface area contributed by atoms with E-state index in [1.807, 2.05) is 0 Å². The molecule has 9 heteroatoms. The van der Waals surface area contributed by atoms with Gasteiger partial charge in [0.2, 0.25) is 10.0 Å². The number of nitrogens with one attached hydrogen (secondary N) is 2. The molecule has 1 aromatic carbocycles. The lowest BCUT2D eigenvalue weighted by atomic mass is 10.2. The van der Waals surface area contributed by atoms with Crippen molar-refractivity contribution in [3.05, 3.63) is 28.0 Å². The third-order valence-corrected chi connectivity index (χ3v) is 4.48. The third kappa shape index (κ3) is 4.73. The predicted molar refractivity (Wildman–Crippen MR) is 78.3 cm³/mol. The average molecular weight is 368 g/mol. The molecule has 0 aromatic heterocycles. The maximum atomic E-state index is 13.1. The molecule has 4 N–H and O–H groups in total. The molecular weight excluding hydrogens is 353 g/mol. The quantitative estimate of drug-likeness (QED) is 0.648. The van der Waals surface area contributed by atoms with Crippen molar-refractivity contribution in [3.8, 4) is 0 Å². The van der Waals surface area contributed by atoms with Gasteiger partial charge in [-0.05, 0) is 28.1 Å². The second kappa shape index (κ2) is 7.00. The fourth-order valence-corrected chi connectivity index (χ4v) is 2.88. The van der Waals surface area contributed by atoms with Crippen molar-refractivity contribution in [2.75, 3.05) is 24.6 Å². The molecule has 0 fully saturated rings. The number of hydrogen-bond acceptors (Lipinski definition) is 4. The van der Waals surface area contributed by atoms with Crippen LogP contribution in [0.15, 0.2) is 16.6 Å². The first kappa shape index (κ1) is 16.9. The molecule has 0 saturated heterocycles. The highest BCUT2D eigenvalue weighted by atomic mass is 79.9. The van der Waals surface area contributed by atoms with Gasteiger partial charge in [0.15, 0.2) is 0 Å². The van der Waals surface area contributed by atoms with E-state index in [0.29, 0.717) is 0 Å². The van der Waals surface area contributed by atoms with Gasteiger partial charge in [-0.2, -0.15) is 0 Å². The molecule has 0 radical (unpaired) electrons. The highest BCUT2D eigenvalue weighted by Gasteiger charge is 2.14. The first-order valence-corrected chi connectivity index (χ1v) is 8.21. The van der Waals surface area contributed by atoms with E-state index >= 15 is 0 Å². The number of sulfonamides is 1. The van der Waals surface area contributed by atoms with E-state index in [9.17, 15) is 17.6 Å². The zero-order valence-corrected chi connectivity index (χ0v) is 13.1. The fraction of sp³-hybridized carbons (Fsp3) is 0.364. The van der Waals surface area contributed by atoms with Gasteiger partial charge in [0, 0.05) is 17.6 Å². The summed E-state index contributed by atoms with van der Waals surface area (Å²) in [6.07, 6.45) is 0. The van der Waals surface area contributed by atoms with Gasteiger partial charge in [-0.1, -0.05) is 6.92 Å². The molecule has 0 aliphatic rings. The summed E-state index contributed by atoms with van der Waals surface area (Å²) in [5.74, 6) is -1.40. The van der Waals surface area contributed by atoms with E-state index in [1.165, 1.54) is 6.07 Å². The maximum absolute atomic E-state index is 13.1. The Morgan fingerprint density at radius 1 is 1.45 bits per heavy atom. The third-order valence-electron chi connectivity index (χ3n) is 2.35. The fourth-order valence-electron chi connectivity index (χ4n) is 1.43. The van der Waals surface area contributed by atoms with Crippen LogP contribution in [0.25, 0.3) is 0 Å². The topological polar surface area (TPSA) is 101 Å². The minimum absolute atomic E-state index is 0.0577. The van der Waals surface area contributed by atoms with Crippen LogP contribution in [0.1, 0.15) is 17.3 Å². The predicted octanol–water partition coefficient (Wildman–Crippen LogP) is 0.839. The summed E-state index contributed by atoms with van der Waals surface area (Å²) < 4.78 is 38.4. The maximum Gasteiger partial charge on any atom is 0.252 e. The van der Waals surface area contributed by atoms with Crippen LogP contribution < -0.4 is 15.8 Å². The van der Waals surface area contributed by atoms with Crippen LogP contribution in [0.2, 0.25) is 0 Å². The molecule has 1 rings (SSSR count). The average Bonchev–Trinajstić information content (AvgIpc) is 2.33. The molecule has 0 heterocycles. The van der Waals surface area contributed by atoms with Crippen LogP contribution in [-0.4, -0.2) is 33.2 Å². The lowest BCUT2D eigenvalue weighted by Crippen LogP contribution is -2.34. The Kier molecular flexibility index (Phi) is 5.90. The normalized spacial score (nSPS) is 11.3. The molecule has 112 valence electrons. The number of amides is 1. The Labute approximate surface area is 125 Å². The number of rotatable bonds is 6. The van der Waals surface area contributed by atoms with Crippen LogP contribution in [0.5, 0.6) is 0 Å². The number of nitrogens with two attached hydrogens (primary N) is 1. The molecule has 0 saturated carbocycles. The second-order valence-corrected chi connectivity index (χ2v) is 6.71. The zero-order chi connectivity index (χ0) is 15.3. The molecular formula is C11H15BrFN3O3S. The summed E-state index contributed by atoms with van der Waals surface area (Å²) in [6, 6.07) is 2.27. The number of hydrogen-bond donors (Lipinski definition) is 3. The number of carbonyl (C=O) groups excluding carboxylic acids is 1. The summed E-state index contributed by atoms with van der Waals surface area (Å²) in [5, 5.41) is 2.43. The lowest BCUT2D eigenvalue weighted by Gasteiger charge is -2.09. The standard InChI is InChI=1S/C11H15BrFN3O3S/c1-2-16-20(18,19)4-3-15-11(17)7-5-10(14)9(13)6-8(7)12/h5-6,16H,2-4,14H2,1H3,(H,15,17). The van der Waals surface area contributed by atoms with Crippen LogP contribution in [0, 0.1) is 5.82 Å². The summed E-state index contributed by atoms with van der Waals surface area (Å²) >= 11 is 3.05. The number of nitrogen functional groups attached to an aromatic ring is 1. The Hall–Kier alpha value is -1.19. The van der Waals surface area contributed by atoms with Gasteiger partial charge < -0.3 is 11.1 Å². The van der Waals surface area contributed by atoms with Crippen molar-refractivity contribution in [1.82, 2.24) is 10.0 Å². The van der Waals surface area contributed by atoms with Gasteiger partial charge in [0.25, 0.3) is 5.91 Å². The van der Waals surface area contributed by atoms with Crippen LogP contribution in [-0.2, 0) is 10.0 Å². The molecule has 0 aliphatic heterocycles. The Morgan fingerprint density at radius 3 is 2.70 bits per heavy atom. The SMILES string of the molecule is CCNS(=O)(=O)CCNC(=O)c1cc(N)c(F)cc1Br. The Bertz CT molecular complexity index is 607. The lowest BCUT2D eigenvalue weighted by molar-refractivity contribution is 0.0955. The van der Waals surface area contributed by atoms with Crippen molar-refractivity contribution in [2.45, 2.75) is 6.92 Å². The van der Waals surface area contributed by atoms with E-state index in [0.717, 1.165) is 6.07 Å². The largest absolute Gasteiger partial charge is 0.396 e. The van der Waals surface area contributed by atoms with Crippen molar-refractivity contribution in [1.29, 1.82) is 0 Å². The minimum Gasteiger partial charge on any atom is -0.396 e. The van der Waals surface area contributed by atoms with Crippen molar-refractivity contribution >= 4 is 37.5 Å².